The Balaban J connectivity index is 0.000000493. The fourth-order valence-electron chi connectivity index (χ4n) is 4.66. The molecule has 1 aromatic carbocycles. The van der Waals surface area contributed by atoms with Crippen LogP contribution in [0.4, 0.5) is 13.2 Å². The monoisotopic (exact) mass is 513 g/mol. The molecule has 4 atom stereocenters. The summed E-state index contributed by atoms with van der Waals surface area (Å²) in [5.74, 6) is -5.76. The van der Waals surface area contributed by atoms with E-state index in [1.165, 1.54) is 11.8 Å². The van der Waals surface area contributed by atoms with E-state index >= 15 is 0 Å². The van der Waals surface area contributed by atoms with Crippen LogP contribution in [0.25, 0.3) is 0 Å². The molecule has 3 rings (SSSR count). The maximum absolute atomic E-state index is 13.9. The van der Waals surface area contributed by atoms with Crippen molar-refractivity contribution in [2.75, 3.05) is 13.6 Å². The van der Waals surface area contributed by atoms with Crippen molar-refractivity contribution in [3.63, 3.8) is 0 Å². The molecule has 2 saturated heterocycles. The molecule has 1 aromatic rings. The zero-order chi connectivity index (χ0) is 27.2. The number of halogens is 3. The molecular weight excluding hydrogens is 483 g/mol. The number of fused-ring (bicyclic) bond motifs is 2. The Labute approximate surface area is 206 Å². The van der Waals surface area contributed by atoms with Crippen molar-refractivity contribution in [1.82, 2.24) is 9.80 Å². The molecule has 1 unspecified atom stereocenters. The topological polar surface area (TPSA) is 141 Å². The maximum Gasteiger partial charge on any atom is 0.328 e. The van der Waals surface area contributed by atoms with Crippen LogP contribution in [0.1, 0.15) is 38.2 Å². The number of aliphatic carboxylic acids is 2. The van der Waals surface area contributed by atoms with Gasteiger partial charge in [-0.15, -0.1) is 0 Å². The molecule has 36 heavy (non-hydrogen) atoms. The second kappa shape index (κ2) is 12.5. The van der Waals surface area contributed by atoms with Gasteiger partial charge in [0.2, 0.25) is 11.8 Å². The smallest absolute Gasteiger partial charge is 0.328 e. The average molecular weight is 514 g/mol. The number of carbonyl (C=O) groups is 4. The lowest BCUT2D eigenvalue weighted by Crippen LogP contribution is -2.52. The van der Waals surface area contributed by atoms with Gasteiger partial charge in [-0.3, -0.25) is 9.59 Å². The normalized spacial score (nSPS) is 21.5. The molecule has 2 heterocycles. The summed E-state index contributed by atoms with van der Waals surface area (Å²) >= 11 is 0. The number of carboxylic acid groups (broad SMARTS) is 2. The Hall–Kier alpha value is -3.41. The summed E-state index contributed by atoms with van der Waals surface area (Å²) in [6.45, 7) is 1.48. The third-order valence-corrected chi connectivity index (χ3v) is 6.49. The predicted octanol–water partition coefficient (Wildman–Crippen LogP) is 1.93. The van der Waals surface area contributed by atoms with Crippen molar-refractivity contribution >= 4 is 23.8 Å². The molecule has 9 nitrogen and oxygen atoms in total. The molecular formula is C24H30F3N3O6. The van der Waals surface area contributed by atoms with Gasteiger partial charge in [0.25, 0.3) is 0 Å². The van der Waals surface area contributed by atoms with Crippen molar-refractivity contribution < 1.29 is 42.6 Å². The van der Waals surface area contributed by atoms with Crippen molar-refractivity contribution in [3.05, 3.63) is 47.3 Å². The van der Waals surface area contributed by atoms with Gasteiger partial charge in [-0.1, -0.05) is 0 Å². The van der Waals surface area contributed by atoms with Crippen molar-refractivity contribution in [3.8, 4) is 0 Å². The Kier molecular flexibility index (Phi) is 10.0. The van der Waals surface area contributed by atoms with Crippen LogP contribution in [-0.4, -0.2) is 75.5 Å². The highest BCUT2D eigenvalue weighted by atomic mass is 19.2. The summed E-state index contributed by atoms with van der Waals surface area (Å²) in [4.78, 5) is 46.4. The largest absolute Gasteiger partial charge is 0.478 e. The summed E-state index contributed by atoms with van der Waals surface area (Å²) in [6.07, 6.45) is 4.38. The molecule has 0 spiro atoms. The SMILES string of the molecule is CC(=O)N(C)CC(=O)N1[C@@H]2CC[C@H]1CC([C@H](N)Cc1cc(F)c(F)cc1F)C2.O=C(O)/C=C\C(=O)O. The van der Waals surface area contributed by atoms with Crippen LogP contribution >= 0.6 is 0 Å². The van der Waals surface area contributed by atoms with Crippen LogP contribution < -0.4 is 5.73 Å². The number of rotatable bonds is 7. The number of nitrogens with zero attached hydrogens (tertiary/aromatic N) is 2. The first-order chi connectivity index (χ1) is 16.8. The van der Waals surface area contributed by atoms with Crippen LogP contribution in [0.15, 0.2) is 24.3 Å². The molecule has 2 fully saturated rings. The highest BCUT2D eigenvalue weighted by Crippen LogP contribution is 2.40. The van der Waals surface area contributed by atoms with E-state index in [2.05, 4.69) is 0 Å². The molecule has 0 radical (unpaired) electrons. The highest BCUT2D eigenvalue weighted by molar-refractivity contribution is 5.89. The van der Waals surface area contributed by atoms with Gasteiger partial charge in [0.15, 0.2) is 11.6 Å². The maximum atomic E-state index is 13.9. The molecule has 2 amide bonds. The number of carbonyl (C=O) groups excluding carboxylic acids is 2. The Morgan fingerprint density at radius 1 is 1.03 bits per heavy atom. The lowest BCUT2D eigenvalue weighted by molar-refractivity contribution is -0.142. The molecule has 12 heteroatoms. The molecule has 0 aliphatic carbocycles. The first-order valence-corrected chi connectivity index (χ1v) is 11.4. The summed E-state index contributed by atoms with van der Waals surface area (Å²) < 4.78 is 40.5. The van der Waals surface area contributed by atoms with Crippen LogP contribution in [0, 0.1) is 23.4 Å². The molecule has 2 aliphatic rings. The minimum atomic E-state index is -1.26. The van der Waals surface area contributed by atoms with E-state index in [0.29, 0.717) is 31.1 Å². The van der Waals surface area contributed by atoms with Crippen molar-refractivity contribution in [1.29, 1.82) is 0 Å². The number of likely N-dealkylation sites (N-methyl/N-ethyl adjacent to an activating group) is 1. The number of piperidine rings is 1. The summed E-state index contributed by atoms with van der Waals surface area (Å²) in [6, 6.07) is 1.12. The first-order valence-electron chi connectivity index (χ1n) is 11.4. The predicted molar refractivity (Wildman–Crippen MR) is 122 cm³/mol. The highest BCUT2D eigenvalue weighted by Gasteiger charge is 2.44. The van der Waals surface area contributed by atoms with E-state index in [1.807, 2.05) is 4.90 Å². The molecule has 0 aromatic heterocycles. The van der Waals surface area contributed by atoms with Crippen LogP contribution in [0.3, 0.4) is 0 Å². The number of benzene rings is 1. The third kappa shape index (κ3) is 7.80. The van der Waals surface area contributed by atoms with Gasteiger partial charge in [0.1, 0.15) is 5.82 Å². The number of amides is 2. The zero-order valence-corrected chi connectivity index (χ0v) is 20.0. The van der Waals surface area contributed by atoms with Gasteiger partial charge >= 0.3 is 11.9 Å². The van der Waals surface area contributed by atoms with Gasteiger partial charge in [-0.25, -0.2) is 22.8 Å². The van der Waals surface area contributed by atoms with E-state index in [0.717, 1.165) is 18.9 Å². The Bertz CT molecular complexity index is 1000. The minimum absolute atomic E-state index is 0.0532. The first kappa shape index (κ1) is 28.8. The van der Waals surface area contributed by atoms with Gasteiger partial charge < -0.3 is 25.7 Å². The van der Waals surface area contributed by atoms with Gasteiger partial charge in [-0.05, 0) is 49.7 Å². The standard InChI is InChI=1S/C20H26F3N3O2.C4H4O4/c1-11(27)25(2)10-20(28)26-14-3-4-15(26)6-13(5-14)19(24)8-12-7-17(22)18(23)9-16(12)21;5-3(6)1-2-4(7)8/h7,9,13-15,19H,3-6,8,10,24H2,1-2H3;1-2H,(H,5,6)(H,7,8)/b;2-1-/t13?,14-,15+,19-;/m1./s1. The molecule has 2 aliphatic heterocycles. The number of nitrogens with two attached hydrogens (primary N) is 1. The van der Waals surface area contributed by atoms with Crippen LogP contribution in [0.5, 0.6) is 0 Å². The number of hydrogen-bond acceptors (Lipinski definition) is 5. The third-order valence-electron chi connectivity index (χ3n) is 6.49. The van der Waals surface area contributed by atoms with E-state index in [9.17, 15) is 32.3 Å². The van der Waals surface area contributed by atoms with Crippen LogP contribution in [-0.2, 0) is 25.6 Å². The van der Waals surface area contributed by atoms with E-state index in [4.69, 9.17) is 15.9 Å². The summed E-state index contributed by atoms with van der Waals surface area (Å²) in [5, 5.41) is 15.6. The Morgan fingerprint density at radius 2 is 1.53 bits per heavy atom. The second-order valence-corrected chi connectivity index (χ2v) is 9.03. The summed E-state index contributed by atoms with van der Waals surface area (Å²) in [5.41, 5.74) is 6.36. The fourth-order valence-corrected chi connectivity index (χ4v) is 4.66. The van der Waals surface area contributed by atoms with Crippen LogP contribution in [0.2, 0.25) is 0 Å². The second-order valence-electron chi connectivity index (χ2n) is 9.03. The van der Waals surface area contributed by atoms with E-state index in [1.54, 1.807) is 7.05 Å². The van der Waals surface area contributed by atoms with E-state index in [-0.39, 0.29) is 48.3 Å². The molecule has 0 saturated carbocycles. The van der Waals surface area contributed by atoms with Crippen molar-refractivity contribution in [2.24, 2.45) is 11.7 Å². The quantitative estimate of drug-likeness (QED) is 0.374. The minimum Gasteiger partial charge on any atom is -0.478 e. The zero-order valence-electron chi connectivity index (χ0n) is 20.0. The molecule has 198 valence electrons. The molecule has 4 N–H and O–H groups in total. The van der Waals surface area contributed by atoms with Gasteiger partial charge in [-0.2, -0.15) is 0 Å². The molecule has 2 bridgehead atoms. The van der Waals surface area contributed by atoms with Gasteiger partial charge in [0, 0.05) is 50.3 Å². The number of hydrogen-bond donors (Lipinski definition) is 3. The lowest BCUT2D eigenvalue weighted by Gasteiger charge is -2.41. The summed E-state index contributed by atoms with van der Waals surface area (Å²) in [7, 11) is 1.60. The fraction of sp³-hybridized carbons (Fsp3) is 0.500. The van der Waals surface area contributed by atoms with Crippen molar-refractivity contribution in [2.45, 2.75) is 57.2 Å². The lowest BCUT2D eigenvalue weighted by atomic mass is 9.82. The number of carboxylic acids is 2. The Morgan fingerprint density at radius 3 is 2.00 bits per heavy atom. The van der Waals surface area contributed by atoms with E-state index < -0.39 is 35.4 Å². The average Bonchev–Trinajstić information content (AvgIpc) is 3.05. The van der Waals surface area contributed by atoms with Gasteiger partial charge in [0.05, 0.1) is 6.54 Å².